The first-order chi connectivity index (χ1) is 14.1. The number of nitrogens with zero attached hydrogens (tertiary/aromatic N) is 2. The summed E-state index contributed by atoms with van der Waals surface area (Å²) in [5.41, 5.74) is 3.79. The summed E-state index contributed by atoms with van der Waals surface area (Å²) in [6.45, 7) is 0.734. The van der Waals surface area contributed by atoms with Crippen LogP contribution in [0.4, 0.5) is 0 Å². The molecule has 7 heteroatoms. The number of aromatic nitrogens is 2. The first-order valence-electron chi connectivity index (χ1n) is 9.49. The summed E-state index contributed by atoms with van der Waals surface area (Å²) in [5, 5.41) is 16.9. The average molecular weight is 429 g/mol. The van der Waals surface area contributed by atoms with Gasteiger partial charge in [-0.2, -0.15) is 10.2 Å². The molecule has 152 valence electrons. The lowest BCUT2D eigenvalue weighted by Crippen LogP contribution is -2.26. The highest BCUT2D eigenvalue weighted by molar-refractivity contribution is 8.16. The summed E-state index contributed by atoms with van der Waals surface area (Å²) in [4.78, 5) is 10.6. The molecule has 1 aliphatic heterocycles. The van der Waals surface area contributed by atoms with Crippen molar-refractivity contribution >= 4 is 29.5 Å². The van der Waals surface area contributed by atoms with Crippen molar-refractivity contribution in [1.82, 2.24) is 10.2 Å². The molecular weight excluding hydrogens is 404 g/mol. The van der Waals surface area contributed by atoms with E-state index in [4.69, 9.17) is 9.84 Å². The lowest BCUT2D eigenvalue weighted by molar-refractivity contribution is -0.137. The van der Waals surface area contributed by atoms with E-state index in [9.17, 15) is 4.79 Å². The van der Waals surface area contributed by atoms with Crippen molar-refractivity contribution in [3.05, 3.63) is 52.8 Å². The van der Waals surface area contributed by atoms with Crippen molar-refractivity contribution in [2.24, 2.45) is 0 Å². The minimum atomic E-state index is -0.766. The largest absolute Gasteiger partial charge is 0.493 e. The van der Waals surface area contributed by atoms with Crippen LogP contribution in [-0.4, -0.2) is 40.4 Å². The van der Waals surface area contributed by atoms with Crippen LogP contribution < -0.4 is 4.74 Å². The minimum Gasteiger partial charge on any atom is -0.493 e. The highest BCUT2D eigenvalue weighted by Crippen LogP contribution is 2.52. The maximum atomic E-state index is 10.6. The number of hydrogen-bond acceptors (Lipinski definition) is 6. The molecule has 0 spiro atoms. The molecule has 2 heterocycles. The van der Waals surface area contributed by atoms with Crippen LogP contribution in [0.3, 0.4) is 0 Å². The second-order valence-corrected chi connectivity index (χ2v) is 9.23. The fourth-order valence-electron chi connectivity index (χ4n) is 3.30. The molecule has 0 saturated carbocycles. The Balaban J connectivity index is 1.75. The van der Waals surface area contributed by atoms with Gasteiger partial charge in [-0.05, 0) is 56.0 Å². The smallest absolute Gasteiger partial charge is 0.303 e. The maximum absolute atomic E-state index is 10.6. The Bertz CT molecular complexity index is 933. The average Bonchev–Trinajstić information content (AvgIpc) is 2.75. The maximum Gasteiger partial charge on any atom is 0.303 e. The van der Waals surface area contributed by atoms with E-state index in [2.05, 4.69) is 40.6 Å². The molecule has 0 bridgehead atoms. The van der Waals surface area contributed by atoms with Gasteiger partial charge in [0.2, 0.25) is 0 Å². The normalized spacial score (nSPS) is 14.3. The molecule has 1 N–H and O–H groups in total. The highest BCUT2D eigenvalue weighted by Gasteiger charge is 2.36. The Labute approximate surface area is 180 Å². The highest BCUT2D eigenvalue weighted by atomic mass is 32.2. The molecule has 0 radical (unpaired) electrons. The third-order valence-corrected chi connectivity index (χ3v) is 8.04. The summed E-state index contributed by atoms with van der Waals surface area (Å²) in [6, 6.07) is 8.06. The van der Waals surface area contributed by atoms with Crippen LogP contribution in [0.5, 0.6) is 5.75 Å². The standard InChI is InChI=1S/C22H24N2O3S2/c1-28-22(29-2)11-12-27-20-10-9-16(14-19(20)22)7-8-17-13-18(24-23-15-17)5-3-4-6-21(25)26/h9-10,13-15H,3-6,11-12H2,1-2H3,(H,25,26). The third-order valence-electron chi connectivity index (χ3n) is 4.87. The number of carbonyl (C=O) groups is 1. The zero-order valence-electron chi connectivity index (χ0n) is 16.6. The number of rotatable bonds is 7. The molecule has 1 aromatic heterocycles. The van der Waals surface area contributed by atoms with Gasteiger partial charge in [0, 0.05) is 29.5 Å². The van der Waals surface area contributed by atoms with Gasteiger partial charge in [0.25, 0.3) is 0 Å². The fourth-order valence-corrected chi connectivity index (χ4v) is 5.30. The Morgan fingerprint density at radius 3 is 2.76 bits per heavy atom. The van der Waals surface area contributed by atoms with Crippen molar-refractivity contribution in [2.45, 2.75) is 36.2 Å². The van der Waals surface area contributed by atoms with Gasteiger partial charge in [0.15, 0.2) is 0 Å². The number of aliphatic carboxylic acids is 1. The zero-order chi connectivity index (χ0) is 20.7. The molecular formula is C22H24N2O3S2. The molecule has 0 saturated heterocycles. The van der Waals surface area contributed by atoms with Crippen molar-refractivity contribution in [1.29, 1.82) is 0 Å². The number of thioether (sulfide) groups is 2. The topological polar surface area (TPSA) is 72.3 Å². The number of benzene rings is 1. The van der Waals surface area contributed by atoms with Gasteiger partial charge in [0.05, 0.1) is 22.6 Å². The summed E-state index contributed by atoms with van der Waals surface area (Å²) >= 11 is 3.70. The van der Waals surface area contributed by atoms with Crippen molar-refractivity contribution in [3.8, 4) is 17.6 Å². The summed E-state index contributed by atoms with van der Waals surface area (Å²) in [6.07, 6.45) is 9.21. The molecule has 0 amide bonds. The Morgan fingerprint density at radius 1 is 1.21 bits per heavy atom. The summed E-state index contributed by atoms with van der Waals surface area (Å²) < 4.78 is 5.85. The molecule has 0 unspecified atom stereocenters. The molecule has 3 rings (SSSR count). The Kier molecular flexibility index (Phi) is 7.45. The second-order valence-electron chi connectivity index (χ2n) is 6.76. The van der Waals surface area contributed by atoms with Crippen LogP contribution in [0.25, 0.3) is 0 Å². The number of ether oxygens (including phenoxy) is 1. The Morgan fingerprint density at radius 2 is 2.00 bits per heavy atom. The molecule has 2 aromatic rings. The van der Waals surface area contributed by atoms with Crippen molar-refractivity contribution in [2.75, 3.05) is 19.1 Å². The van der Waals surface area contributed by atoms with Gasteiger partial charge in [-0.3, -0.25) is 4.79 Å². The van der Waals surface area contributed by atoms with E-state index in [0.717, 1.165) is 42.0 Å². The first kappa shape index (κ1) is 21.5. The quantitative estimate of drug-likeness (QED) is 0.400. The second kappa shape index (κ2) is 10.0. The third kappa shape index (κ3) is 5.46. The van der Waals surface area contributed by atoms with Crippen LogP contribution in [0.1, 0.15) is 48.1 Å². The SMILES string of the molecule is CSC1(SC)CCOc2ccc(C#Cc3cnnc(CCCCC(=O)O)c3)cc21. The Hall–Kier alpha value is -2.17. The van der Waals surface area contributed by atoms with Crippen molar-refractivity contribution in [3.63, 3.8) is 0 Å². The molecule has 1 aliphatic rings. The number of hydrogen-bond donors (Lipinski definition) is 1. The van der Waals surface area contributed by atoms with E-state index in [1.165, 1.54) is 5.56 Å². The number of carboxylic acids is 1. The van der Waals surface area contributed by atoms with Gasteiger partial charge >= 0.3 is 5.97 Å². The van der Waals surface area contributed by atoms with E-state index in [1.54, 1.807) is 6.20 Å². The van der Waals surface area contributed by atoms with E-state index in [1.807, 2.05) is 41.7 Å². The van der Waals surface area contributed by atoms with Crippen LogP contribution in [0.2, 0.25) is 0 Å². The van der Waals surface area contributed by atoms with Gasteiger partial charge < -0.3 is 9.84 Å². The molecule has 0 atom stereocenters. The molecule has 1 aromatic carbocycles. The van der Waals surface area contributed by atoms with Gasteiger partial charge in [-0.15, -0.1) is 23.5 Å². The van der Waals surface area contributed by atoms with E-state index in [-0.39, 0.29) is 10.5 Å². The number of aryl methyl sites for hydroxylation is 1. The predicted molar refractivity (Wildman–Crippen MR) is 118 cm³/mol. The number of fused-ring (bicyclic) bond motifs is 1. The van der Waals surface area contributed by atoms with E-state index in [0.29, 0.717) is 12.8 Å². The van der Waals surface area contributed by atoms with Crippen LogP contribution in [0.15, 0.2) is 30.5 Å². The van der Waals surface area contributed by atoms with Gasteiger partial charge in [-0.1, -0.05) is 11.8 Å². The number of carboxylic acid groups (broad SMARTS) is 1. The zero-order valence-corrected chi connectivity index (χ0v) is 18.2. The molecule has 0 fully saturated rings. The predicted octanol–water partition coefficient (Wildman–Crippen LogP) is 4.34. The van der Waals surface area contributed by atoms with Crippen LogP contribution in [-0.2, 0) is 15.3 Å². The minimum absolute atomic E-state index is 0.00656. The fraction of sp³-hybridized carbons (Fsp3) is 0.409. The lowest BCUT2D eigenvalue weighted by atomic mass is 10.0. The lowest BCUT2D eigenvalue weighted by Gasteiger charge is -2.36. The first-order valence-corrected chi connectivity index (χ1v) is 11.9. The van der Waals surface area contributed by atoms with E-state index >= 15 is 0 Å². The van der Waals surface area contributed by atoms with Gasteiger partial charge in [0.1, 0.15) is 5.75 Å². The van der Waals surface area contributed by atoms with Crippen LogP contribution in [0, 0.1) is 11.8 Å². The number of unbranched alkanes of at least 4 members (excludes halogenated alkanes) is 1. The molecule has 5 nitrogen and oxygen atoms in total. The van der Waals surface area contributed by atoms with Crippen LogP contribution >= 0.6 is 23.5 Å². The monoisotopic (exact) mass is 428 g/mol. The summed E-state index contributed by atoms with van der Waals surface area (Å²) in [5.74, 6) is 6.59. The van der Waals surface area contributed by atoms with E-state index < -0.39 is 5.97 Å². The van der Waals surface area contributed by atoms with Crippen molar-refractivity contribution < 1.29 is 14.6 Å². The van der Waals surface area contributed by atoms with Gasteiger partial charge in [-0.25, -0.2) is 0 Å². The molecule has 29 heavy (non-hydrogen) atoms. The summed E-state index contributed by atoms with van der Waals surface area (Å²) in [7, 11) is 0. The molecule has 0 aliphatic carbocycles.